The molecule has 0 amide bonds. The van der Waals surface area contributed by atoms with Crippen molar-refractivity contribution in [3.05, 3.63) is 38.9 Å². The molecule has 0 saturated heterocycles. The van der Waals surface area contributed by atoms with Crippen molar-refractivity contribution in [1.29, 1.82) is 0 Å². The molecule has 2 heterocycles. The van der Waals surface area contributed by atoms with E-state index in [-0.39, 0.29) is 5.76 Å². The van der Waals surface area contributed by atoms with Gasteiger partial charge in [0.2, 0.25) is 10.2 Å². The monoisotopic (exact) mass is 266 g/mol. The third-order valence-electron chi connectivity index (χ3n) is 2.17. The first kappa shape index (κ1) is 12.2. The molecule has 8 heteroatoms. The fourth-order valence-corrected chi connectivity index (χ4v) is 1.47. The molecule has 0 aromatic carbocycles. The maximum absolute atomic E-state index is 11.2. The van der Waals surface area contributed by atoms with E-state index in [1.807, 2.05) is 6.92 Å². The summed E-state index contributed by atoms with van der Waals surface area (Å²) in [6, 6.07) is 1.13. The number of nitrogens with one attached hydrogen (secondary N) is 1. The van der Waals surface area contributed by atoms with Crippen LogP contribution < -0.4 is 5.43 Å². The Kier molecular flexibility index (Phi) is 3.38. The molecule has 0 aliphatic carbocycles. The largest absolute Gasteiger partial charge is 0.502 e. The lowest BCUT2D eigenvalue weighted by Crippen LogP contribution is -2.01. The number of aromatic nitrogens is 3. The van der Waals surface area contributed by atoms with Crippen molar-refractivity contribution in [2.45, 2.75) is 13.3 Å². The summed E-state index contributed by atoms with van der Waals surface area (Å²) >= 11 is 5.00. The molecule has 0 fully saturated rings. The predicted molar refractivity (Wildman–Crippen MR) is 66.4 cm³/mol. The molecule has 0 spiro atoms. The van der Waals surface area contributed by atoms with Gasteiger partial charge in [-0.25, -0.2) is 0 Å². The maximum atomic E-state index is 11.2. The van der Waals surface area contributed by atoms with Gasteiger partial charge in [-0.3, -0.25) is 9.89 Å². The van der Waals surface area contributed by atoms with Gasteiger partial charge < -0.3 is 9.52 Å². The van der Waals surface area contributed by atoms with Gasteiger partial charge in [0.05, 0.1) is 6.21 Å². The van der Waals surface area contributed by atoms with Crippen LogP contribution in [0.1, 0.15) is 18.5 Å². The highest BCUT2D eigenvalue weighted by Gasteiger charge is 2.02. The molecular weight excluding hydrogens is 256 g/mol. The maximum Gasteiger partial charge on any atom is 0.227 e. The SMILES string of the molecule is CCc1n[nH]c(=S)n1N=Cc1cc(=O)c(O)co1. The van der Waals surface area contributed by atoms with E-state index in [1.165, 1.54) is 10.9 Å². The lowest BCUT2D eigenvalue weighted by atomic mass is 10.4. The second-order valence-electron chi connectivity index (χ2n) is 3.39. The highest BCUT2D eigenvalue weighted by molar-refractivity contribution is 7.71. The van der Waals surface area contributed by atoms with Crippen molar-refractivity contribution in [1.82, 2.24) is 14.9 Å². The molecule has 2 rings (SSSR count). The van der Waals surface area contributed by atoms with Gasteiger partial charge in [0.1, 0.15) is 6.26 Å². The van der Waals surface area contributed by atoms with Crippen LogP contribution >= 0.6 is 12.2 Å². The molecular formula is C10H10N4O3S. The van der Waals surface area contributed by atoms with E-state index in [1.54, 1.807) is 0 Å². The standard InChI is InChI=1S/C10H10N4O3S/c1-2-9-12-13-10(18)14(9)11-4-6-3-7(15)8(16)5-17-6/h3-5,16H,2H2,1H3,(H,13,18). The van der Waals surface area contributed by atoms with Crippen molar-refractivity contribution >= 4 is 18.4 Å². The average molecular weight is 266 g/mol. The van der Waals surface area contributed by atoms with Crippen LogP contribution in [0.2, 0.25) is 0 Å². The molecule has 2 N–H and O–H groups in total. The van der Waals surface area contributed by atoms with Crippen LogP contribution in [0.4, 0.5) is 0 Å². The molecule has 18 heavy (non-hydrogen) atoms. The summed E-state index contributed by atoms with van der Waals surface area (Å²) in [7, 11) is 0. The molecule has 7 nitrogen and oxygen atoms in total. The molecule has 2 aromatic heterocycles. The number of hydrogen-bond donors (Lipinski definition) is 2. The Labute approximate surface area is 106 Å². The van der Waals surface area contributed by atoms with E-state index in [9.17, 15) is 4.79 Å². The molecule has 94 valence electrons. The van der Waals surface area contributed by atoms with E-state index < -0.39 is 11.2 Å². The first-order valence-corrected chi connectivity index (χ1v) is 5.55. The van der Waals surface area contributed by atoms with Gasteiger partial charge in [0.15, 0.2) is 17.3 Å². The van der Waals surface area contributed by atoms with Crippen molar-refractivity contribution in [2.75, 3.05) is 0 Å². The van der Waals surface area contributed by atoms with Gasteiger partial charge in [-0.1, -0.05) is 6.92 Å². The highest BCUT2D eigenvalue weighted by Crippen LogP contribution is 2.02. The van der Waals surface area contributed by atoms with Gasteiger partial charge in [-0.05, 0) is 12.2 Å². The van der Waals surface area contributed by atoms with Crippen LogP contribution in [0.15, 0.2) is 26.6 Å². The van der Waals surface area contributed by atoms with E-state index in [0.29, 0.717) is 17.0 Å². The van der Waals surface area contributed by atoms with Gasteiger partial charge in [-0.15, -0.1) is 0 Å². The Hall–Kier alpha value is -2.22. The lowest BCUT2D eigenvalue weighted by Gasteiger charge is -1.96. The molecule has 0 saturated carbocycles. The smallest absolute Gasteiger partial charge is 0.227 e. The molecule has 0 bridgehead atoms. The van der Waals surface area contributed by atoms with Crippen molar-refractivity contribution in [2.24, 2.45) is 5.10 Å². The lowest BCUT2D eigenvalue weighted by molar-refractivity contribution is 0.427. The summed E-state index contributed by atoms with van der Waals surface area (Å²) in [4.78, 5) is 11.2. The fourth-order valence-electron chi connectivity index (χ4n) is 1.27. The van der Waals surface area contributed by atoms with Crippen molar-refractivity contribution in [3.8, 4) is 5.75 Å². The minimum atomic E-state index is -0.533. The number of aromatic hydroxyl groups is 1. The van der Waals surface area contributed by atoms with E-state index in [4.69, 9.17) is 21.7 Å². The van der Waals surface area contributed by atoms with E-state index in [0.717, 1.165) is 12.3 Å². The van der Waals surface area contributed by atoms with Gasteiger partial charge in [0.25, 0.3) is 0 Å². The number of hydrogen-bond acceptors (Lipinski definition) is 6. The van der Waals surface area contributed by atoms with Crippen LogP contribution in [0, 0.1) is 4.77 Å². The molecule has 0 radical (unpaired) electrons. The number of H-pyrrole nitrogens is 1. The number of nitrogens with zero attached hydrogens (tertiary/aromatic N) is 3. The molecule has 0 unspecified atom stereocenters. The fraction of sp³-hybridized carbons (Fsp3) is 0.200. The Balaban J connectivity index is 2.35. The Bertz CT molecular complexity index is 698. The third kappa shape index (κ3) is 2.38. The van der Waals surface area contributed by atoms with Crippen LogP contribution in [0.25, 0.3) is 0 Å². The predicted octanol–water partition coefficient (Wildman–Crippen LogP) is 1.04. The van der Waals surface area contributed by atoms with Crippen LogP contribution in [0.5, 0.6) is 5.75 Å². The summed E-state index contributed by atoms with van der Waals surface area (Å²) in [5.41, 5.74) is -0.533. The zero-order valence-electron chi connectivity index (χ0n) is 9.45. The number of rotatable bonds is 3. The van der Waals surface area contributed by atoms with Crippen molar-refractivity contribution < 1.29 is 9.52 Å². The summed E-state index contributed by atoms with van der Waals surface area (Å²) < 4.78 is 6.76. The number of aromatic amines is 1. The van der Waals surface area contributed by atoms with Crippen LogP contribution in [-0.4, -0.2) is 26.2 Å². The van der Waals surface area contributed by atoms with Crippen LogP contribution in [-0.2, 0) is 6.42 Å². The summed E-state index contributed by atoms with van der Waals surface area (Å²) in [6.45, 7) is 1.91. The number of aryl methyl sites for hydroxylation is 1. The minimum absolute atomic E-state index is 0.211. The minimum Gasteiger partial charge on any atom is -0.502 e. The summed E-state index contributed by atoms with van der Waals surface area (Å²) in [5.74, 6) is 0.432. The first-order chi connectivity index (χ1) is 8.61. The highest BCUT2D eigenvalue weighted by atomic mass is 32.1. The Morgan fingerprint density at radius 3 is 3.17 bits per heavy atom. The van der Waals surface area contributed by atoms with Gasteiger partial charge >= 0.3 is 0 Å². The van der Waals surface area contributed by atoms with Crippen molar-refractivity contribution in [3.63, 3.8) is 0 Å². The van der Waals surface area contributed by atoms with Crippen LogP contribution in [0.3, 0.4) is 0 Å². The molecule has 0 aliphatic heterocycles. The summed E-state index contributed by atoms with van der Waals surface area (Å²) in [6.07, 6.45) is 2.94. The Morgan fingerprint density at radius 2 is 2.50 bits per heavy atom. The summed E-state index contributed by atoms with van der Waals surface area (Å²) in [5, 5.41) is 19.7. The zero-order valence-corrected chi connectivity index (χ0v) is 10.3. The van der Waals surface area contributed by atoms with Gasteiger partial charge in [0, 0.05) is 12.5 Å². The molecule has 0 atom stereocenters. The Morgan fingerprint density at radius 1 is 1.72 bits per heavy atom. The second-order valence-corrected chi connectivity index (χ2v) is 3.77. The van der Waals surface area contributed by atoms with E-state index in [2.05, 4.69) is 15.3 Å². The molecule has 0 aliphatic rings. The first-order valence-electron chi connectivity index (χ1n) is 5.14. The molecule has 2 aromatic rings. The zero-order chi connectivity index (χ0) is 13.1. The second kappa shape index (κ2) is 4.96. The topological polar surface area (TPSA) is 96.4 Å². The van der Waals surface area contributed by atoms with E-state index >= 15 is 0 Å². The van der Waals surface area contributed by atoms with Gasteiger partial charge in [-0.2, -0.15) is 14.9 Å². The average Bonchev–Trinajstić information content (AvgIpc) is 2.71. The normalized spacial score (nSPS) is 11.2. The third-order valence-corrected chi connectivity index (χ3v) is 2.43. The quantitative estimate of drug-likeness (QED) is 0.639.